The van der Waals surface area contributed by atoms with Crippen molar-refractivity contribution in [1.82, 2.24) is 24.3 Å². The fourth-order valence-electron chi connectivity index (χ4n) is 4.10. The summed E-state index contributed by atoms with van der Waals surface area (Å²) in [4.78, 5) is 8.85. The average Bonchev–Trinajstić information content (AvgIpc) is 3.45. The summed E-state index contributed by atoms with van der Waals surface area (Å²) >= 11 is 0. The van der Waals surface area contributed by atoms with Crippen molar-refractivity contribution in [3.05, 3.63) is 83.9 Å². The first-order valence-corrected chi connectivity index (χ1v) is 11.5. The Morgan fingerprint density at radius 3 is 2.33 bits per heavy atom. The van der Waals surface area contributed by atoms with Gasteiger partial charge in [0.1, 0.15) is 22.8 Å². The van der Waals surface area contributed by atoms with Crippen LogP contribution in [0.25, 0.3) is 28.0 Å². The maximum atomic E-state index is 13.0. The molecule has 0 amide bonds. The van der Waals surface area contributed by atoms with E-state index in [4.69, 9.17) is 0 Å². The number of halogens is 6. The summed E-state index contributed by atoms with van der Waals surface area (Å²) in [5, 5.41) is 6.81. The second-order valence-electron chi connectivity index (χ2n) is 8.72. The van der Waals surface area contributed by atoms with Crippen molar-refractivity contribution in [2.45, 2.75) is 26.0 Å². The fourth-order valence-corrected chi connectivity index (χ4v) is 4.10. The normalized spacial score (nSPS) is 12.2. The summed E-state index contributed by atoms with van der Waals surface area (Å²) in [7, 11) is 1.75. The van der Waals surface area contributed by atoms with Crippen molar-refractivity contribution in [3.8, 4) is 22.7 Å². The topological polar surface area (TPSA) is 69.8 Å². The molecule has 0 saturated heterocycles. The van der Waals surface area contributed by atoms with Crippen molar-refractivity contribution < 1.29 is 31.1 Å². The first-order valence-electron chi connectivity index (χ1n) is 11.5. The van der Waals surface area contributed by atoms with Gasteiger partial charge in [-0.2, -0.15) is 18.3 Å². The van der Waals surface area contributed by atoms with E-state index in [1.807, 2.05) is 0 Å². The van der Waals surface area contributed by atoms with E-state index in [0.717, 1.165) is 11.6 Å². The summed E-state index contributed by atoms with van der Waals surface area (Å²) in [5.41, 5.74) is 1.98. The Labute approximate surface area is 217 Å². The van der Waals surface area contributed by atoms with E-state index in [-0.39, 0.29) is 17.8 Å². The first-order chi connectivity index (χ1) is 18.4. The van der Waals surface area contributed by atoms with E-state index in [2.05, 4.69) is 25.1 Å². The minimum Gasteiger partial charge on any atom is -0.405 e. The summed E-state index contributed by atoms with van der Waals surface area (Å²) in [6, 6.07) is 15.1. The van der Waals surface area contributed by atoms with Crippen LogP contribution in [0.3, 0.4) is 0 Å². The monoisotopic (exact) mass is 546 g/mol. The van der Waals surface area contributed by atoms with Gasteiger partial charge < -0.3 is 14.6 Å². The molecule has 13 heteroatoms. The number of aryl methyl sites for hydroxylation is 2. The number of pyridine rings is 1. The lowest BCUT2D eigenvalue weighted by Crippen LogP contribution is -2.17. The molecule has 0 aliphatic heterocycles. The van der Waals surface area contributed by atoms with Crippen LogP contribution >= 0.6 is 0 Å². The Morgan fingerprint density at radius 1 is 0.949 bits per heavy atom. The molecule has 0 bridgehead atoms. The number of alkyl halides is 6. The fraction of sp³-hybridized carbons (Fsp3) is 0.192. The molecule has 0 saturated carbocycles. The molecule has 0 aliphatic rings. The van der Waals surface area contributed by atoms with Crippen LogP contribution in [0.1, 0.15) is 17.0 Å². The molecule has 2 aromatic carbocycles. The van der Waals surface area contributed by atoms with E-state index < -0.39 is 24.0 Å². The van der Waals surface area contributed by atoms with Crippen LogP contribution in [0.4, 0.5) is 32.2 Å². The van der Waals surface area contributed by atoms with Crippen LogP contribution in [0.5, 0.6) is 5.75 Å². The third kappa shape index (κ3) is 5.52. The molecule has 7 nitrogen and oxygen atoms in total. The SMILES string of the molecule is Cc1cc(C(F)(F)F)nn1-c1ccc(CNc2cc3c(ncn3C)c(-c3ccccc3OC(F)(F)F)n2)cc1. The molecule has 5 aromatic rings. The van der Waals surface area contributed by atoms with E-state index in [1.165, 1.54) is 36.1 Å². The highest BCUT2D eigenvalue weighted by Crippen LogP contribution is 2.37. The van der Waals surface area contributed by atoms with Crippen molar-refractivity contribution in [2.24, 2.45) is 7.05 Å². The number of nitrogens with one attached hydrogen (secondary N) is 1. The van der Waals surface area contributed by atoms with E-state index >= 15 is 0 Å². The van der Waals surface area contributed by atoms with Gasteiger partial charge in [-0.15, -0.1) is 13.2 Å². The number of fused-ring (bicyclic) bond motifs is 1. The zero-order chi connectivity index (χ0) is 27.9. The van der Waals surface area contributed by atoms with Gasteiger partial charge in [-0.25, -0.2) is 14.6 Å². The highest BCUT2D eigenvalue weighted by Gasteiger charge is 2.35. The molecular weight excluding hydrogens is 526 g/mol. The second kappa shape index (κ2) is 9.64. The van der Waals surface area contributed by atoms with Crippen LogP contribution in [-0.4, -0.2) is 30.7 Å². The third-order valence-electron chi connectivity index (χ3n) is 5.91. The van der Waals surface area contributed by atoms with E-state index in [0.29, 0.717) is 28.2 Å². The largest absolute Gasteiger partial charge is 0.573 e. The molecule has 5 rings (SSSR count). The number of para-hydroxylation sites is 1. The third-order valence-corrected chi connectivity index (χ3v) is 5.91. The van der Waals surface area contributed by atoms with Gasteiger partial charge in [-0.1, -0.05) is 24.3 Å². The predicted molar refractivity (Wildman–Crippen MR) is 131 cm³/mol. The number of hydrogen-bond donors (Lipinski definition) is 1. The van der Waals surface area contributed by atoms with Crippen LogP contribution in [-0.2, 0) is 19.8 Å². The highest BCUT2D eigenvalue weighted by molar-refractivity contribution is 5.93. The number of imidazole rings is 1. The molecule has 0 atom stereocenters. The van der Waals surface area contributed by atoms with Crippen LogP contribution in [0, 0.1) is 6.92 Å². The molecule has 0 fully saturated rings. The number of benzene rings is 2. The van der Waals surface area contributed by atoms with Gasteiger partial charge in [0, 0.05) is 30.9 Å². The molecular formula is C26H20F6N6O. The quantitative estimate of drug-likeness (QED) is 0.241. The first kappa shape index (κ1) is 26.1. The second-order valence-corrected chi connectivity index (χ2v) is 8.72. The van der Waals surface area contributed by atoms with Gasteiger partial charge in [0.25, 0.3) is 0 Å². The molecule has 3 aromatic heterocycles. The number of anilines is 1. The molecule has 1 N–H and O–H groups in total. The molecule has 0 radical (unpaired) electrons. The van der Waals surface area contributed by atoms with Gasteiger partial charge >= 0.3 is 12.5 Å². The Hall–Kier alpha value is -4.55. The molecule has 0 aliphatic carbocycles. The zero-order valence-electron chi connectivity index (χ0n) is 20.5. The summed E-state index contributed by atoms with van der Waals surface area (Å²) < 4.78 is 85.2. The number of hydrogen-bond acceptors (Lipinski definition) is 5. The molecule has 0 spiro atoms. The minimum absolute atomic E-state index is 0.124. The summed E-state index contributed by atoms with van der Waals surface area (Å²) in [5.74, 6) is -0.0236. The van der Waals surface area contributed by atoms with Crippen molar-refractivity contribution in [1.29, 1.82) is 0 Å². The highest BCUT2D eigenvalue weighted by atomic mass is 19.4. The molecule has 0 unspecified atom stereocenters. The lowest BCUT2D eigenvalue weighted by atomic mass is 10.1. The Bertz CT molecular complexity index is 1640. The van der Waals surface area contributed by atoms with E-state index in [1.54, 1.807) is 48.0 Å². The maximum absolute atomic E-state index is 13.0. The maximum Gasteiger partial charge on any atom is 0.573 e. The minimum atomic E-state index is -4.88. The number of rotatable bonds is 6. The van der Waals surface area contributed by atoms with Gasteiger partial charge in [0.15, 0.2) is 5.69 Å². The van der Waals surface area contributed by atoms with Crippen molar-refractivity contribution in [2.75, 3.05) is 5.32 Å². The standard InChI is InChI=1S/C26H20F6N6O/c1-15-11-21(25(27,28)29)36-38(15)17-9-7-16(8-10-17)13-33-22-12-19-24(34-14-37(19)2)23(35-22)18-5-3-4-6-20(18)39-26(30,31)32/h3-12,14H,13H2,1-2H3,(H,33,35). The summed E-state index contributed by atoms with van der Waals surface area (Å²) in [6.07, 6.45) is -7.89. The summed E-state index contributed by atoms with van der Waals surface area (Å²) in [6.45, 7) is 1.82. The number of ether oxygens (including phenoxy) is 1. The average molecular weight is 546 g/mol. The predicted octanol–water partition coefficient (Wildman–Crippen LogP) is 6.66. The van der Waals surface area contributed by atoms with Crippen molar-refractivity contribution in [3.63, 3.8) is 0 Å². The molecule has 202 valence electrons. The number of nitrogens with zero attached hydrogens (tertiary/aromatic N) is 5. The van der Waals surface area contributed by atoms with Gasteiger partial charge in [-0.05, 0) is 42.8 Å². The molecule has 3 heterocycles. The lowest BCUT2D eigenvalue weighted by molar-refractivity contribution is -0.274. The Kier molecular flexibility index (Phi) is 6.44. The van der Waals surface area contributed by atoms with Gasteiger partial charge in [0.05, 0.1) is 17.5 Å². The van der Waals surface area contributed by atoms with Crippen LogP contribution < -0.4 is 10.1 Å². The lowest BCUT2D eigenvalue weighted by Gasteiger charge is -2.14. The van der Waals surface area contributed by atoms with Crippen LogP contribution in [0.2, 0.25) is 0 Å². The van der Waals surface area contributed by atoms with Crippen molar-refractivity contribution >= 4 is 16.9 Å². The smallest absolute Gasteiger partial charge is 0.405 e. The number of aromatic nitrogens is 5. The van der Waals surface area contributed by atoms with Crippen LogP contribution in [0.15, 0.2) is 67.0 Å². The Balaban J connectivity index is 1.42. The molecule has 39 heavy (non-hydrogen) atoms. The van der Waals surface area contributed by atoms with E-state index in [9.17, 15) is 26.3 Å². The zero-order valence-corrected chi connectivity index (χ0v) is 20.5. The Morgan fingerprint density at radius 2 is 1.67 bits per heavy atom. The van der Waals surface area contributed by atoms with Gasteiger partial charge in [-0.3, -0.25) is 0 Å². The van der Waals surface area contributed by atoms with Gasteiger partial charge in [0.2, 0.25) is 0 Å².